The van der Waals surface area contributed by atoms with E-state index >= 15 is 0 Å². The average molecular weight is 372 g/mol. The molecule has 0 N–H and O–H groups in total. The van der Waals surface area contributed by atoms with Gasteiger partial charge in [0, 0.05) is 12.5 Å². The fourth-order valence-corrected chi connectivity index (χ4v) is 5.11. The minimum Gasteiger partial charge on any atom is -0.455 e. The molecule has 3 saturated heterocycles. The maximum atomic E-state index is 13.2. The van der Waals surface area contributed by atoms with Crippen molar-refractivity contribution in [3.63, 3.8) is 0 Å². The second-order valence-electron chi connectivity index (χ2n) is 5.49. The summed E-state index contributed by atoms with van der Waals surface area (Å²) in [4.78, 5) is 22.5. The van der Waals surface area contributed by atoms with Crippen LogP contribution in [0.5, 0.6) is 0 Å². The van der Waals surface area contributed by atoms with Crippen molar-refractivity contribution < 1.29 is 49.6 Å². The van der Waals surface area contributed by atoms with E-state index in [4.69, 9.17) is 9.47 Å². The summed E-state index contributed by atoms with van der Waals surface area (Å²) in [5.74, 6) is -2.03. The van der Waals surface area contributed by atoms with E-state index in [1.165, 1.54) is 0 Å². The molecule has 2 bridgehead atoms. The number of carbonyl (C=O) groups is 2. The SMILES string of the molecule is C=CC(=O)OCC(=O)OC1C2CC3(C(F)(F)F)OS(=O)(=O)C1C3O2. The zero-order valence-corrected chi connectivity index (χ0v) is 12.6. The van der Waals surface area contributed by atoms with Crippen LogP contribution in [-0.4, -0.2) is 62.3 Å². The fourth-order valence-electron chi connectivity index (χ4n) is 3.18. The largest absolute Gasteiger partial charge is 0.455 e. The van der Waals surface area contributed by atoms with Gasteiger partial charge >= 0.3 is 18.1 Å². The topological polar surface area (TPSA) is 105 Å². The highest BCUT2D eigenvalue weighted by molar-refractivity contribution is 7.87. The zero-order valence-electron chi connectivity index (χ0n) is 11.8. The molecule has 3 fully saturated rings. The first kappa shape index (κ1) is 17.2. The van der Waals surface area contributed by atoms with Gasteiger partial charge in [0.1, 0.15) is 12.2 Å². The number of fused-ring (bicyclic) bond motifs is 1. The van der Waals surface area contributed by atoms with Gasteiger partial charge in [-0.15, -0.1) is 0 Å². The van der Waals surface area contributed by atoms with Crippen LogP contribution in [0.15, 0.2) is 12.7 Å². The number of esters is 2. The van der Waals surface area contributed by atoms with Gasteiger partial charge in [0.05, 0.1) is 6.10 Å². The van der Waals surface area contributed by atoms with Crippen LogP contribution in [0.2, 0.25) is 0 Å². The second-order valence-corrected chi connectivity index (χ2v) is 7.19. The molecule has 5 unspecified atom stereocenters. The summed E-state index contributed by atoms with van der Waals surface area (Å²) in [6.07, 6.45) is -9.52. The van der Waals surface area contributed by atoms with E-state index in [0.29, 0.717) is 0 Å². The zero-order chi connectivity index (χ0) is 17.9. The Labute approximate surface area is 133 Å². The standard InChI is InChI=1S/C12H11F3O8S/c1-2-6(16)20-4-7(17)22-8-5-3-11(12(13,14)15)10(21-5)9(8)24(18,19)23-11/h2,5,8-10H,1,3-4H2. The fraction of sp³-hybridized carbons (Fsp3) is 0.667. The van der Waals surface area contributed by atoms with Gasteiger partial charge in [0.15, 0.2) is 11.9 Å². The van der Waals surface area contributed by atoms with E-state index in [9.17, 15) is 31.2 Å². The molecule has 3 aliphatic rings. The summed E-state index contributed by atoms with van der Waals surface area (Å²) in [6, 6.07) is 0. The van der Waals surface area contributed by atoms with Gasteiger partial charge in [-0.25, -0.2) is 9.59 Å². The first-order chi connectivity index (χ1) is 11.0. The van der Waals surface area contributed by atoms with Gasteiger partial charge in [0.25, 0.3) is 10.1 Å². The minimum absolute atomic E-state index is 0.793. The van der Waals surface area contributed by atoms with E-state index in [0.717, 1.165) is 6.08 Å². The Kier molecular flexibility index (Phi) is 3.70. The van der Waals surface area contributed by atoms with Gasteiger partial charge in [-0.05, 0) is 0 Å². The van der Waals surface area contributed by atoms with Crippen LogP contribution in [0.25, 0.3) is 0 Å². The molecule has 134 valence electrons. The van der Waals surface area contributed by atoms with Crippen molar-refractivity contribution in [3.05, 3.63) is 12.7 Å². The molecule has 0 aromatic heterocycles. The predicted molar refractivity (Wildman–Crippen MR) is 66.9 cm³/mol. The number of rotatable bonds is 4. The van der Waals surface area contributed by atoms with E-state index < -0.39 is 70.4 Å². The number of hydrogen-bond donors (Lipinski definition) is 0. The summed E-state index contributed by atoms with van der Waals surface area (Å²) in [6.45, 7) is 2.27. The van der Waals surface area contributed by atoms with Crippen LogP contribution in [-0.2, 0) is 38.1 Å². The lowest BCUT2D eigenvalue weighted by Gasteiger charge is -2.31. The maximum absolute atomic E-state index is 13.2. The number of halogens is 3. The van der Waals surface area contributed by atoms with E-state index in [1.807, 2.05) is 0 Å². The number of ether oxygens (including phenoxy) is 3. The molecule has 0 aromatic carbocycles. The summed E-state index contributed by atoms with van der Waals surface area (Å²) < 4.78 is 82.3. The number of alkyl halides is 3. The molecule has 0 amide bonds. The molecule has 0 radical (unpaired) electrons. The molecule has 0 spiro atoms. The lowest BCUT2D eigenvalue weighted by atomic mass is 9.82. The Balaban J connectivity index is 1.77. The van der Waals surface area contributed by atoms with Crippen LogP contribution < -0.4 is 0 Å². The third-order valence-electron chi connectivity index (χ3n) is 4.12. The van der Waals surface area contributed by atoms with Crippen LogP contribution >= 0.6 is 0 Å². The first-order valence-corrected chi connectivity index (χ1v) is 8.14. The van der Waals surface area contributed by atoms with Gasteiger partial charge in [-0.3, -0.25) is 4.18 Å². The van der Waals surface area contributed by atoms with Crippen molar-refractivity contribution in [3.8, 4) is 0 Å². The van der Waals surface area contributed by atoms with Crippen molar-refractivity contribution >= 4 is 22.1 Å². The van der Waals surface area contributed by atoms with Gasteiger partial charge in [-0.1, -0.05) is 6.58 Å². The Morgan fingerprint density at radius 2 is 2.04 bits per heavy atom. The highest BCUT2D eigenvalue weighted by Crippen LogP contribution is 2.59. The summed E-state index contributed by atoms with van der Waals surface area (Å²) in [5.41, 5.74) is -2.95. The molecule has 5 atom stereocenters. The highest BCUT2D eigenvalue weighted by Gasteiger charge is 2.82. The van der Waals surface area contributed by atoms with Gasteiger partial charge < -0.3 is 14.2 Å². The first-order valence-electron chi connectivity index (χ1n) is 6.67. The van der Waals surface area contributed by atoms with Gasteiger partial charge in [-0.2, -0.15) is 21.6 Å². The molecule has 3 rings (SSSR count). The van der Waals surface area contributed by atoms with Gasteiger partial charge in [0.2, 0.25) is 5.60 Å². The smallest absolute Gasteiger partial charge is 0.421 e. The molecule has 3 aliphatic heterocycles. The minimum atomic E-state index is -4.96. The van der Waals surface area contributed by atoms with E-state index in [1.54, 1.807) is 0 Å². The summed E-state index contributed by atoms with van der Waals surface area (Å²) in [5, 5.41) is -1.78. The molecular weight excluding hydrogens is 361 g/mol. The Hall–Kier alpha value is -1.66. The normalized spacial score (nSPS) is 38.8. The predicted octanol–water partition coefficient (Wildman–Crippen LogP) is -0.172. The number of carbonyl (C=O) groups excluding carboxylic acids is 2. The maximum Gasteiger partial charge on any atom is 0.421 e. The molecule has 24 heavy (non-hydrogen) atoms. The van der Waals surface area contributed by atoms with Crippen LogP contribution in [0.3, 0.4) is 0 Å². The highest BCUT2D eigenvalue weighted by atomic mass is 32.2. The van der Waals surface area contributed by atoms with Crippen molar-refractivity contribution in [2.45, 2.75) is 41.8 Å². The van der Waals surface area contributed by atoms with Crippen molar-refractivity contribution in [2.75, 3.05) is 6.61 Å². The average Bonchev–Trinajstić information content (AvgIpc) is 3.03. The molecular formula is C12H11F3O8S. The molecule has 3 heterocycles. The quantitative estimate of drug-likeness (QED) is 0.380. The molecule has 12 heteroatoms. The third-order valence-corrected chi connectivity index (χ3v) is 5.83. The van der Waals surface area contributed by atoms with Crippen LogP contribution in [0, 0.1) is 0 Å². The van der Waals surface area contributed by atoms with Crippen LogP contribution in [0.1, 0.15) is 6.42 Å². The Bertz CT molecular complexity index is 702. The van der Waals surface area contributed by atoms with Crippen molar-refractivity contribution in [1.82, 2.24) is 0 Å². The molecule has 0 saturated carbocycles. The number of hydrogen-bond acceptors (Lipinski definition) is 8. The third kappa shape index (κ3) is 2.31. The van der Waals surface area contributed by atoms with E-state index in [2.05, 4.69) is 15.5 Å². The van der Waals surface area contributed by atoms with Crippen LogP contribution in [0.4, 0.5) is 13.2 Å². The molecule has 0 aromatic rings. The Morgan fingerprint density at radius 1 is 1.38 bits per heavy atom. The lowest BCUT2D eigenvalue weighted by Crippen LogP contribution is -2.56. The second kappa shape index (κ2) is 5.17. The summed E-state index contributed by atoms with van der Waals surface area (Å²) in [7, 11) is -4.65. The Morgan fingerprint density at radius 3 is 2.62 bits per heavy atom. The van der Waals surface area contributed by atoms with Crippen molar-refractivity contribution in [2.24, 2.45) is 0 Å². The molecule has 8 nitrogen and oxygen atoms in total. The van der Waals surface area contributed by atoms with Crippen molar-refractivity contribution in [1.29, 1.82) is 0 Å². The lowest BCUT2D eigenvalue weighted by molar-refractivity contribution is -0.253. The summed E-state index contributed by atoms with van der Waals surface area (Å²) >= 11 is 0. The molecule has 0 aliphatic carbocycles. The monoisotopic (exact) mass is 372 g/mol. The van der Waals surface area contributed by atoms with E-state index in [-0.39, 0.29) is 0 Å².